The van der Waals surface area contributed by atoms with E-state index < -0.39 is 0 Å². The molecule has 0 unspecified atom stereocenters. The minimum atomic E-state index is 0.175. The topological polar surface area (TPSA) is 18.5 Å². The van der Waals surface area contributed by atoms with Crippen LogP contribution in [0.5, 0.6) is 0 Å². The van der Waals surface area contributed by atoms with Gasteiger partial charge in [-0.05, 0) is 174 Å². The fraction of sp³-hybridized carbons (Fsp3) is 0.754. The molecule has 0 aromatic carbocycles. The number of fused-ring (bicyclic) bond motifs is 2. The molecule has 0 saturated heterocycles. The zero-order valence-electron chi connectivity index (χ0n) is 39.9. The SMILES string of the molecule is C=C1CC[C@@H](O/C(C)=C(/C)O[C@H]2CCC(=C)/C(=C\C=C3/CCC[C@@H]4[C@@H]([C@H](C)CCCC(C)C)CC[C@@H]34)C2)C/C1=C/C=C1\CCC[C@]2(C)[C@@H]([C@H](C)CCCC(C)C)CC[C@@H]12. The Labute approximate surface area is 365 Å². The Bertz CT molecular complexity index is 1590. The molecule has 6 rings (SSSR count). The third-order valence-corrected chi connectivity index (χ3v) is 17.2. The van der Waals surface area contributed by atoms with Gasteiger partial charge in [-0.2, -0.15) is 0 Å². The van der Waals surface area contributed by atoms with Gasteiger partial charge in [-0.15, -0.1) is 0 Å². The lowest BCUT2D eigenvalue weighted by Gasteiger charge is -2.44. The molecule has 0 bridgehead atoms. The smallest absolute Gasteiger partial charge is 0.131 e. The number of hydrogen-bond acceptors (Lipinski definition) is 2. The summed E-state index contributed by atoms with van der Waals surface area (Å²) < 4.78 is 13.4. The fourth-order valence-corrected chi connectivity index (χ4v) is 13.6. The summed E-state index contributed by atoms with van der Waals surface area (Å²) in [5.41, 5.74) is 9.31. The molecule has 0 aromatic rings. The van der Waals surface area contributed by atoms with Gasteiger partial charge >= 0.3 is 0 Å². The van der Waals surface area contributed by atoms with Crippen LogP contribution in [-0.2, 0) is 9.47 Å². The highest BCUT2D eigenvalue weighted by Gasteiger charge is 2.50. The van der Waals surface area contributed by atoms with Crippen molar-refractivity contribution in [3.63, 3.8) is 0 Å². The van der Waals surface area contributed by atoms with Crippen molar-refractivity contribution >= 4 is 0 Å². The zero-order chi connectivity index (χ0) is 42.3. The molecule has 10 atom stereocenters. The number of hydrogen-bond donors (Lipinski definition) is 0. The monoisotopic (exact) mass is 807 g/mol. The van der Waals surface area contributed by atoms with Gasteiger partial charge in [0.05, 0.1) is 0 Å². The van der Waals surface area contributed by atoms with Gasteiger partial charge in [0.15, 0.2) is 0 Å². The summed E-state index contributed by atoms with van der Waals surface area (Å²) in [7, 11) is 0. The van der Waals surface area contributed by atoms with Gasteiger partial charge in [0, 0.05) is 12.8 Å². The van der Waals surface area contributed by atoms with E-state index >= 15 is 0 Å². The number of rotatable bonds is 16. The second-order valence-corrected chi connectivity index (χ2v) is 22.3. The molecule has 0 spiro atoms. The summed E-state index contributed by atoms with van der Waals surface area (Å²) in [6.07, 6.45) is 38.4. The van der Waals surface area contributed by atoms with Gasteiger partial charge in [0.25, 0.3) is 0 Å². The first-order valence-corrected chi connectivity index (χ1v) is 25.4. The first kappa shape index (κ1) is 46.3. The van der Waals surface area contributed by atoms with Gasteiger partial charge in [0.1, 0.15) is 23.7 Å². The molecule has 6 aliphatic carbocycles. The zero-order valence-corrected chi connectivity index (χ0v) is 39.9. The van der Waals surface area contributed by atoms with E-state index in [0.717, 1.165) is 103 Å². The van der Waals surface area contributed by atoms with Gasteiger partial charge in [-0.1, -0.05) is 147 Å². The highest BCUT2D eigenvalue weighted by Crippen LogP contribution is 2.60. The van der Waals surface area contributed by atoms with Crippen LogP contribution in [0.25, 0.3) is 0 Å². The highest BCUT2D eigenvalue weighted by molar-refractivity contribution is 5.37. The van der Waals surface area contributed by atoms with E-state index in [1.165, 1.54) is 125 Å². The number of ether oxygens (including phenoxy) is 2. The van der Waals surface area contributed by atoms with E-state index in [-0.39, 0.29) is 12.2 Å². The molecule has 0 radical (unpaired) electrons. The standard InChI is InChI=1S/C57H90O2/c1-38(2)16-12-18-42(7)52-31-32-53-46(20-14-22-54(52)53)25-27-48-36-50(29-23-40(48)5)58-44(9)45(10)59-51-30-24-41(6)49(37-51)28-26-47-21-15-35-57(11)55(33-34-56(47)57)43(8)19-13-17-39(3)4/h25-28,38-39,42-43,50-56H,5-6,12-24,29-37H2,1-4,7-11H3/b45-44-,46-25+,47-26+,48-27-,49-28-/t42-,43-,50+,51-,52-,53+,54-,55-,56+,57-/m1/s1. The van der Waals surface area contributed by atoms with E-state index in [4.69, 9.17) is 9.47 Å². The first-order chi connectivity index (χ1) is 28.2. The lowest BCUT2D eigenvalue weighted by atomic mass is 9.60. The van der Waals surface area contributed by atoms with Crippen LogP contribution in [0.4, 0.5) is 0 Å². The fourth-order valence-electron chi connectivity index (χ4n) is 13.6. The van der Waals surface area contributed by atoms with Gasteiger partial charge in [-0.25, -0.2) is 0 Å². The van der Waals surface area contributed by atoms with Crippen LogP contribution in [0.2, 0.25) is 0 Å². The Morgan fingerprint density at radius 2 is 1.19 bits per heavy atom. The van der Waals surface area contributed by atoms with Crippen molar-refractivity contribution in [2.75, 3.05) is 0 Å². The quantitative estimate of drug-likeness (QED) is 0.145. The molecule has 2 nitrogen and oxygen atoms in total. The molecule has 0 amide bonds. The van der Waals surface area contributed by atoms with Crippen molar-refractivity contribution in [2.45, 2.75) is 216 Å². The minimum Gasteiger partial charge on any atom is -0.491 e. The Kier molecular flexibility index (Phi) is 16.7. The summed E-state index contributed by atoms with van der Waals surface area (Å²) in [5, 5.41) is 0. The molecule has 0 aromatic heterocycles. The molecular formula is C57H90O2. The van der Waals surface area contributed by atoms with Crippen LogP contribution in [0.3, 0.4) is 0 Å². The summed E-state index contributed by atoms with van der Waals surface area (Å²) in [4.78, 5) is 0. The van der Waals surface area contributed by atoms with Crippen LogP contribution in [0, 0.1) is 58.7 Å². The highest BCUT2D eigenvalue weighted by atomic mass is 16.5. The molecule has 330 valence electrons. The van der Waals surface area contributed by atoms with E-state index in [1.807, 2.05) is 0 Å². The van der Waals surface area contributed by atoms with E-state index in [2.05, 4.69) is 99.8 Å². The maximum atomic E-state index is 6.72. The van der Waals surface area contributed by atoms with Crippen molar-refractivity contribution in [3.8, 4) is 0 Å². The third-order valence-electron chi connectivity index (χ3n) is 17.2. The summed E-state index contributed by atoms with van der Waals surface area (Å²) in [6, 6.07) is 0. The molecule has 0 aliphatic heterocycles. The number of allylic oxidation sites excluding steroid dienone is 10. The Morgan fingerprint density at radius 1 is 0.627 bits per heavy atom. The second-order valence-electron chi connectivity index (χ2n) is 22.3. The first-order valence-electron chi connectivity index (χ1n) is 25.4. The van der Waals surface area contributed by atoms with Gasteiger partial charge in [0.2, 0.25) is 0 Å². The van der Waals surface area contributed by atoms with Gasteiger partial charge < -0.3 is 9.47 Å². The third kappa shape index (κ3) is 11.8. The van der Waals surface area contributed by atoms with Crippen LogP contribution in [-0.4, -0.2) is 12.2 Å². The molecule has 0 N–H and O–H groups in total. The maximum absolute atomic E-state index is 6.72. The molecule has 0 heterocycles. The van der Waals surface area contributed by atoms with Crippen molar-refractivity contribution in [3.05, 3.63) is 82.4 Å². The Hall–Kier alpha value is -2.22. The summed E-state index contributed by atoms with van der Waals surface area (Å²) in [5.74, 6) is 9.52. The minimum absolute atomic E-state index is 0.175. The molecular weight excluding hydrogens is 717 g/mol. The van der Waals surface area contributed by atoms with Crippen molar-refractivity contribution < 1.29 is 9.47 Å². The normalized spacial score (nSPS) is 35.7. The second kappa shape index (κ2) is 21.2. The summed E-state index contributed by atoms with van der Waals surface area (Å²) >= 11 is 0. The van der Waals surface area contributed by atoms with Crippen LogP contribution >= 0.6 is 0 Å². The predicted octanol–water partition coefficient (Wildman–Crippen LogP) is 17.2. The summed E-state index contributed by atoms with van der Waals surface area (Å²) in [6.45, 7) is 30.6. The maximum Gasteiger partial charge on any atom is 0.131 e. The largest absolute Gasteiger partial charge is 0.491 e. The Balaban J connectivity index is 1.02. The Morgan fingerprint density at radius 3 is 1.78 bits per heavy atom. The molecule has 59 heavy (non-hydrogen) atoms. The average molecular weight is 807 g/mol. The molecule has 6 fully saturated rings. The average Bonchev–Trinajstić information content (AvgIpc) is 3.80. The van der Waals surface area contributed by atoms with Crippen molar-refractivity contribution in [1.82, 2.24) is 0 Å². The lowest BCUT2D eigenvalue weighted by Crippen LogP contribution is -2.36. The molecule has 6 aliphatic rings. The van der Waals surface area contributed by atoms with E-state index in [0.29, 0.717) is 5.41 Å². The van der Waals surface area contributed by atoms with Crippen LogP contribution in [0.15, 0.2) is 82.4 Å². The van der Waals surface area contributed by atoms with Crippen molar-refractivity contribution in [1.29, 1.82) is 0 Å². The van der Waals surface area contributed by atoms with E-state index in [1.54, 1.807) is 11.1 Å². The van der Waals surface area contributed by atoms with Crippen LogP contribution < -0.4 is 0 Å². The molecule has 6 saturated carbocycles. The molecule has 2 heteroatoms. The van der Waals surface area contributed by atoms with Gasteiger partial charge in [-0.3, -0.25) is 0 Å². The van der Waals surface area contributed by atoms with Crippen LogP contribution in [0.1, 0.15) is 204 Å². The predicted molar refractivity (Wildman–Crippen MR) is 254 cm³/mol. The lowest BCUT2D eigenvalue weighted by molar-refractivity contribution is 0.0587. The van der Waals surface area contributed by atoms with Crippen molar-refractivity contribution in [2.24, 2.45) is 58.7 Å². The van der Waals surface area contributed by atoms with E-state index in [9.17, 15) is 0 Å².